The van der Waals surface area contributed by atoms with Crippen molar-refractivity contribution in [3.8, 4) is 17.2 Å². The summed E-state index contributed by atoms with van der Waals surface area (Å²) < 4.78 is 26.1. The standard InChI is InChI=1S/C24H28FN3O3/c1-7-9-15(11-16(25)8-2)19-23-20(17(12-27-19)24(29)26-5)28-21-18(30-6)10-13(3)14(4)22(21)31-23/h8,10-12,28H,7,9H2,1-6H3,(H,26,29)/b15-11+,16-8+. The number of anilines is 2. The van der Waals surface area contributed by atoms with Gasteiger partial charge < -0.3 is 20.1 Å². The lowest BCUT2D eigenvalue weighted by atomic mass is 10.00. The molecule has 0 aliphatic carbocycles. The van der Waals surface area contributed by atoms with Gasteiger partial charge in [-0.15, -0.1) is 0 Å². The van der Waals surface area contributed by atoms with Crippen LogP contribution in [-0.4, -0.2) is 25.0 Å². The van der Waals surface area contributed by atoms with Crippen LogP contribution in [0.2, 0.25) is 0 Å². The maximum atomic E-state index is 14.2. The summed E-state index contributed by atoms with van der Waals surface area (Å²) in [4.78, 5) is 17.1. The molecule has 3 rings (SSSR count). The number of nitrogens with zero attached hydrogens (tertiary/aromatic N) is 1. The first kappa shape index (κ1) is 22.3. The number of allylic oxidation sites excluding steroid dienone is 4. The third-order valence-electron chi connectivity index (χ3n) is 5.34. The lowest BCUT2D eigenvalue weighted by molar-refractivity contribution is 0.0963. The molecule has 0 spiro atoms. The maximum Gasteiger partial charge on any atom is 0.254 e. The average molecular weight is 426 g/mol. The number of benzene rings is 1. The molecule has 31 heavy (non-hydrogen) atoms. The molecule has 1 aromatic carbocycles. The second-order valence-corrected chi connectivity index (χ2v) is 7.35. The summed E-state index contributed by atoms with van der Waals surface area (Å²) in [6.45, 7) is 7.58. The van der Waals surface area contributed by atoms with E-state index in [0.29, 0.717) is 51.9 Å². The zero-order valence-electron chi connectivity index (χ0n) is 18.8. The van der Waals surface area contributed by atoms with E-state index in [9.17, 15) is 9.18 Å². The fourth-order valence-electron chi connectivity index (χ4n) is 3.52. The summed E-state index contributed by atoms with van der Waals surface area (Å²) in [6, 6.07) is 1.92. The van der Waals surface area contributed by atoms with E-state index in [0.717, 1.165) is 17.5 Å². The Kier molecular flexibility index (Phi) is 6.63. The molecule has 0 atom stereocenters. The van der Waals surface area contributed by atoms with E-state index in [2.05, 4.69) is 15.6 Å². The predicted molar refractivity (Wildman–Crippen MR) is 121 cm³/mol. The lowest BCUT2D eigenvalue weighted by Crippen LogP contribution is -2.21. The first-order chi connectivity index (χ1) is 14.9. The number of hydrogen-bond acceptors (Lipinski definition) is 5. The zero-order chi connectivity index (χ0) is 22.7. The SMILES string of the molecule is C/C=C(F)\C=C(/CCC)c1ncc(C(=O)NC)c2c1Oc1c(C)c(C)cc(OC)c1N2. The number of hydrogen-bond donors (Lipinski definition) is 2. The first-order valence-corrected chi connectivity index (χ1v) is 10.3. The Labute approximate surface area is 182 Å². The predicted octanol–water partition coefficient (Wildman–Crippen LogP) is 5.97. The van der Waals surface area contributed by atoms with Gasteiger partial charge in [-0.25, -0.2) is 4.39 Å². The summed E-state index contributed by atoms with van der Waals surface area (Å²) in [7, 11) is 3.14. The third kappa shape index (κ3) is 4.13. The molecule has 1 aliphatic heterocycles. The molecule has 1 aliphatic rings. The Morgan fingerprint density at radius 2 is 2.06 bits per heavy atom. The molecule has 0 fully saturated rings. The number of pyridine rings is 1. The number of aromatic nitrogens is 1. The van der Waals surface area contributed by atoms with Gasteiger partial charge in [0.1, 0.15) is 23.0 Å². The van der Waals surface area contributed by atoms with Crippen LogP contribution in [0, 0.1) is 13.8 Å². The normalized spacial score (nSPS) is 13.0. The summed E-state index contributed by atoms with van der Waals surface area (Å²) in [5.74, 6) is 0.941. The fourth-order valence-corrected chi connectivity index (χ4v) is 3.52. The number of aryl methyl sites for hydroxylation is 1. The van der Waals surface area contributed by atoms with Crippen LogP contribution in [0.25, 0.3) is 5.57 Å². The molecule has 6 nitrogen and oxygen atoms in total. The van der Waals surface area contributed by atoms with Crippen molar-refractivity contribution in [3.05, 3.63) is 52.6 Å². The van der Waals surface area contributed by atoms with E-state index in [4.69, 9.17) is 9.47 Å². The summed E-state index contributed by atoms with van der Waals surface area (Å²) >= 11 is 0. The number of rotatable bonds is 6. The van der Waals surface area contributed by atoms with Crippen molar-refractivity contribution < 1.29 is 18.7 Å². The van der Waals surface area contributed by atoms with Crippen molar-refractivity contribution in [2.75, 3.05) is 19.5 Å². The Morgan fingerprint density at radius 3 is 2.68 bits per heavy atom. The molecule has 0 radical (unpaired) electrons. The topological polar surface area (TPSA) is 72.5 Å². The second-order valence-electron chi connectivity index (χ2n) is 7.35. The molecule has 164 valence electrons. The van der Waals surface area contributed by atoms with Gasteiger partial charge in [0.15, 0.2) is 11.5 Å². The number of amides is 1. The highest BCUT2D eigenvalue weighted by Crippen LogP contribution is 2.52. The minimum absolute atomic E-state index is 0.307. The van der Waals surface area contributed by atoms with Gasteiger partial charge in [0.25, 0.3) is 5.91 Å². The molecular formula is C24H28FN3O3. The number of carbonyl (C=O) groups is 1. The van der Waals surface area contributed by atoms with E-state index in [1.165, 1.54) is 18.3 Å². The summed E-state index contributed by atoms with van der Waals surface area (Å²) in [5, 5.41) is 5.96. The molecule has 7 heteroatoms. The third-order valence-corrected chi connectivity index (χ3v) is 5.34. The molecule has 0 saturated carbocycles. The Hall–Kier alpha value is -3.35. The first-order valence-electron chi connectivity index (χ1n) is 10.3. The molecule has 1 aromatic heterocycles. The van der Waals surface area contributed by atoms with Gasteiger partial charge in [-0.05, 0) is 56.0 Å². The van der Waals surface area contributed by atoms with Gasteiger partial charge in [-0.3, -0.25) is 9.78 Å². The molecule has 2 N–H and O–H groups in total. The minimum atomic E-state index is -0.354. The highest BCUT2D eigenvalue weighted by molar-refractivity contribution is 6.03. The molecule has 2 aromatic rings. The Balaban J connectivity index is 2.30. The number of nitrogens with one attached hydrogen (secondary N) is 2. The van der Waals surface area contributed by atoms with Crippen molar-refractivity contribution >= 4 is 22.9 Å². The second kappa shape index (κ2) is 9.20. The number of methoxy groups -OCH3 is 1. The van der Waals surface area contributed by atoms with Crippen LogP contribution in [0.15, 0.2) is 30.2 Å². The average Bonchev–Trinajstić information content (AvgIpc) is 2.78. The smallest absolute Gasteiger partial charge is 0.254 e. The monoisotopic (exact) mass is 425 g/mol. The Morgan fingerprint density at radius 1 is 1.32 bits per heavy atom. The van der Waals surface area contributed by atoms with Crippen molar-refractivity contribution in [3.63, 3.8) is 0 Å². The highest BCUT2D eigenvalue weighted by atomic mass is 19.1. The maximum absolute atomic E-state index is 14.2. The number of carbonyl (C=O) groups excluding carboxylic acids is 1. The van der Waals surface area contributed by atoms with E-state index in [1.807, 2.05) is 26.8 Å². The van der Waals surface area contributed by atoms with Crippen molar-refractivity contribution in [2.24, 2.45) is 0 Å². The highest BCUT2D eigenvalue weighted by Gasteiger charge is 2.30. The van der Waals surface area contributed by atoms with E-state index in [-0.39, 0.29) is 11.7 Å². The van der Waals surface area contributed by atoms with Crippen molar-refractivity contribution in [1.29, 1.82) is 0 Å². The molecule has 0 saturated heterocycles. The van der Waals surface area contributed by atoms with Gasteiger partial charge in [-0.2, -0.15) is 0 Å². The lowest BCUT2D eigenvalue weighted by Gasteiger charge is -2.28. The summed E-state index contributed by atoms with van der Waals surface area (Å²) in [5.41, 5.74) is 4.57. The van der Waals surface area contributed by atoms with Crippen LogP contribution >= 0.6 is 0 Å². The van der Waals surface area contributed by atoms with E-state index in [1.54, 1.807) is 21.1 Å². The zero-order valence-corrected chi connectivity index (χ0v) is 18.8. The largest absolute Gasteiger partial charge is 0.494 e. The van der Waals surface area contributed by atoms with Crippen LogP contribution in [0.1, 0.15) is 53.9 Å². The van der Waals surface area contributed by atoms with Gasteiger partial charge in [0.2, 0.25) is 0 Å². The van der Waals surface area contributed by atoms with E-state index < -0.39 is 0 Å². The van der Waals surface area contributed by atoms with Gasteiger partial charge in [0, 0.05) is 13.2 Å². The van der Waals surface area contributed by atoms with Gasteiger partial charge in [0.05, 0.1) is 18.4 Å². The minimum Gasteiger partial charge on any atom is -0.494 e. The number of ether oxygens (including phenoxy) is 2. The van der Waals surface area contributed by atoms with Crippen molar-refractivity contribution in [1.82, 2.24) is 10.3 Å². The molecular weight excluding hydrogens is 397 g/mol. The van der Waals surface area contributed by atoms with E-state index >= 15 is 0 Å². The molecule has 1 amide bonds. The van der Waals surface area contributed by atoms with Crippen LogP contribution in [0.5, 0.6) is 17.2 Å². The summed E-state index contributed by atoms with van der Waals surface area (Å²) in [6.07, 6.45) is 5.75. The molecule has 0 bridgehead atoms. The Bertz CT molecular complexity index is 1090. The number of halogens is 1. The van der Waals surface area contributed by atoms with Gasteiger partial charge >= 0.3 is 0 Å². The number of fused-ring (bicyclic) bond motifs is 2. The quantitative estimate of drug-likeness (QED) is 0.476. The van der Waals surface area contributed by atoms with Crippen LogP contribution < -0.4 is 20.1 Å². The molecule has 0 unspecified atom stereocenters. The van der Waals surface area contributed by atoms with Crippen LogP contribution in [-0.2, 0) is 0 Å². The fraction of sp³-hybridized carbons (Fsp3) is 0.333. The van der Waals surface area contributed by atoms with Crippen molar-refractivity contribution in [2.45, 2.75) is 40.5 Å². The van der Waals surface area contributed by atoms with Crippen LogP contribution in [0.4, 0.5) is 15.8 Å². The van der Waals surface area contributed by atoms with Crippen LogP contribution in [0.3, 0.4) is 0 Å². The van der Waals surface area contributed by atoms with Gasteiger partial charge in [-0.1, -0.05) is 19.4 Å². The molecule has 2 heterocycles.